The van der Waals surface area contributed by atoms with Gasteiger partial charge in [-0.3, -0.25) is 13.9 Å². The van der Waals surface area contributed by atoms with Crippen LogP contribution in [0.4, 0.5) is 16.2 Å². The highest BCUT2D eigenvalue weighted by atomic mass is 31.2. The summed E-state index contributed by atoms with van der Waals surface area (Å²) in [6.07, 6.45) is -4.27. The molecule has 1 aromatic carbocycles. The first-order valence-corrected chi connectivity index (χ1v) is 14.2. The summed E-state index contributed by atoms with van der Waals surface area (Å²) in [5.74, 6) is -0.426. The lowest BCUT2D eigenvalue weighted by atomic mass is 9.97. The van der Waals surface area contributed by atoms with Gasteiger partial charge >= 0.3 is 13.7 Å². The SMILES string of the molecule is CNc1nc(N)nc2c1ncn2[C@@H]1O[C@H](CO[P@](=O)(N[C@@H](C)C(=O)OC(C)C)Oc2ccccc2)[C@@H](O)[C@]1(F)CO. The first-order valence-electron chi connectivity index (χ1n) is 12.7. The van der Waals surface area contributed by atoms with E-state index >= 15 is 4.39 Å². The molecule has 1 aliphatic heterocycles. The average Bonchev–Trinajstić information content (AvgIpc) is 3.45. The molecule has 0 radical (unpaired) electrons. The van der Waals surface area contributed by atoms with Gasteiger partial charge in [0, 0.05) is 7.05 Å². The lowest BCUT2D eigenvalue weighted by molar-refractivity contribution is -0.149. The van der Waals surface area contributed by atoms with Crippen molar-refractivity contribution in [3.05, 3.63) is 36.7 Å². The Kier molecular flexibility index (Phi) is 9.11. The molecule has 3 heterocycles. The Morgan fingerprint density at radius 3 is 2.63 bits per heavy atom. The number of para-hydroxylation sites is 1. The minimum atomic E-state index is -4.35. The third-order valence-corrected chi connectivity index (χ3v) is 7.81. The molecule has 2 aromatic heterocycles. The number of nitrogens with zero attached hydrogens (tertiary/aromatic N) is 4. The predicted molar refractivity (Wildman–Crippen MR) is 145 cm³/mol. The molecule has 224 valence electrons. The highest BCUT2D eigenvalue weighted by Gasteiger charge is 2.59. The van der Waals surface area contributed by atoms with E-state index in [4.69, 9.17) is 24.3 Å². The quantitative estimate of drug-likeness (QED) is 0.148. The third-order valence-electron chi connectivity index (χ3n) is 6.16. The third kappa shape index (κ3) is 6.42. The maximum atomic E-state index is 16.1. The molecule has 1 fully saturated rings. The molecule has 1 saturated heterocycles. The van der Waals surface area contributed by atoms with E-state index in [1.807, 2.05) is 0 Å². The molecule has 0 spiro atoms. The molecule has 17 heteroatoms. The van der Waals surface area contributed by atoms with Crippen LogP contribution in [0.1, 0.15) is 27.0 Å². The van der Waals surface area contributed by atoms with Crippen LogP contribution >= 0.6 is 7.75 Å². The molecule has 0 aliphatic carbocycles. The Morgan fingerprint density at radius 1 is 1.29 bits per heavy atom. The standard InChI is InChI=1S/C24H33FN7O8P/c1-13(2)38-21(35)14(3)31-41(36,40-15-8-6-5-7-9-15)37-10-16-18(34)24(25,11-33)22(39-16)32-12-28-17-19(27-4)29-23(26)30-20(17)32/h5-9,12-14,16,18,22,33-34H,10-11H2,1-4H3,(H,31,36)(H3,26,27,29,30)/t14-,16+,18+,22+,24+,41+/m0/s1. The van der Waals surface area contributed by atoms with Gasteiger partial charge in [-0.25, -0.2) is 13.9 Å². The molecule has 4 rings (SSSR count). The van der Waals surface area contributed by atoms with Gasteiger partial charge in [0.1, 0.15) is 24.0 Å². The van der Waals surface area contributed by atoms with Crippen molar-refractivity contribution in [2.45, 2.75) is 57.0 Å². The Labute approximate surface area is 234 Å². The summed E-state index contributed by atoms with van der Waals surface area (Å²) in [7, 11) is -2.76. The van der Waals surface area contributed by atoms with E-state index in [0.29, 0.717) is 0 Å². The number of nitrogens with two attached hydrogens (primary N) is 1. The fraction of sp³-hybridized carbons (Fsp3) is 0.500. The van der Waals surface area contributed by atoms with Gasteiger partial charge in [0.25, 0.3) is 0 Å². The number of aromatic nitrogens is 4. The highest BCUT2D eigenvalue weighted by Crippen LogP contribution is 2.48. The van der Waals surface area contributed by atoms with Crippen molar-refractivity contribution in [2.75, 3.05) is 31.3 Å². The normalized spacial score (nSPS) is 24.7. The minimum absolute atomic E-state index is 0.0772. The molecule has 6 atom stereocenters. The highest BCUT2D eigenvalue weighted by molar-refractivity contribution is 7.52. The van der Waals surface area contributed by atoms with Crippen LogP contribution in [0.15, 0.2) is 36.7 Å². The zero-order valence-electron chi connectivity index (χ0n) is 22.8. The number of aliphatic hydroxyl groups excluding tert-OH is 2. The fourth-order valence-electron chi connectivity index (χ4n) is 4.19. The number of anilines is 2. The molecule has 3 aromatic rings. The minimum Gasteiger partial charge on any atom is -0.462 e. The zero-order valence-corrected chi connectivity index (χ0v) is 23.7. The van der Waals surface area contributed by atoms with Crippen molar-refractivity contribution >= 4 is 36.6 Å². The summed E-state index contributed by atoms with van der Waals surface area (Å²) < 4.78 is 53.2. The summed E-state index contributed by atoms with van der Waals surface area (Å²) in [5, 5.41) is 26.2. The van der Waals surface area contributed by atoms with Gasteiger partial charge in [-0.2, -0.15) is 15.1 Å². The van der Waals surface area contributed by atoms with Gasteiger partial charge in [-0.05, 0) is 32.9 Å². The number of imidazole rings is 1. The van der Waals surface area contributed by atoms with Crippen LogP contribution in [0, 0.1) is 0 Å². The Bertz CT molecular complexity index is 1410. The number of esters is 1. The van der Waals surface area contributed by atoms with Gasteiger partial charge in [-0.15, -0.1) is 0 Å². The summed E-state index contributed by atoms with van der Waals surface area (Å²) in [6, 6.07) is 6.88. The van der Waals surface area contributed by atoms with E-state index in [-0.39, 0.29) is 28.7 Å². The van der Waals surface area contributed by atoms with E-state index in [1.165, 1.54) is 25.4 Å². The molecule has 0 unspecified atom stereocenters. The van der Waals surface area contributed by atoms with Crippen LogP contribution in [0.2, 0.25) is 0 Å². The average molecular weight is 598 g/mol. The Balaban J connectivity index is 1.59. The van der Waals surface area contributed by atoms with E-state index in [2.05, 4.69) is 25.4 Å². The summed E-state index contributed by atoms with van der Waals surface area (Å²) in [6.45, 7) is 2.90. The van der Waals surface area contributed by atoms with Gasteiger partial charge in [0.05, 0.1) is 25.6 Å². The van der Waals surface area contributed by atoms with Crippen molar-refractivity contribution in [3.63, 3.8) is 0 Å². The molecular formula is C24H33FN7O8P. The maximum Gasteiger partial charge on any atom is 0.459 e. The number of fused-ring (bicyclic) bond motifs is 1. The second-order valence-electron chi connectivity index (χ2n) is 9.60. The smallest absolute Gasteiger partial charge is 0.459 e. The number of carbonyl (C=O) groups is 1. The molecular weight excluding hydrogens is 564 g/mol. The van der Waals surface area contributed by atoms with Crippen molar-refractivity contribution < 1.29 is 42.5 Å². The topological polar surface area (TPSA) is 205 Å². The van der Waals surface area contributed by atoms with Crippen LogP contribution in [-0.4, -0.2) is 86.0 Å². The number of nitrogen functional groups attached to an aromatic ring is 1. The number of hydrogen-bond acceptors (Lipinski definition) is 13. The number of hydrogen-bond donors (Lipinski definition) is 5. The number of ether oxygens (including phenoxy) is 2. The van der Waals surface area contributed by atoms with Crippen molar-refractivity contribution in [2.24, 2.45) is 0 Å². The number of halogens is 1. The first kappa shape index (κ1) is 30.6. The second kappa shape index (κ2) is 12.2. The molecule has 0 bridgehead atoms. The van der Waals surface area contributed by atoms with Crippen LogP contribution < -0.4 is 20.7 Å². The molecule has 41 heavy (non-hydrogen) atoms. The van der Waals surface area contributed by atoms with E-state index < -0.39 is 63.2 Å². The molecule has 1 aliphatic rings. The molecule has 0 amide bonds. The van der Waals surface area contributed by atoms with Crippen molar-refractivity contribution in [1.82, 2.24) is 24.6 Å². The molecule has 15 nitrogen and oxygen atoms in total. The number of aliphatic hydroxyl groups is 2. The lowest BCUT2D eigenvalue weighted by Crippen LogP contribution is -2.46. The van der Waals surface area contributed by atoms with Gasteiger partial charge < -0.3 is 35.3 Å². The predicted octanol–water partition coefficient (Wildman–Crippen LogP) is 1.54. The summed E-state index contributed by atoms with van der Waals surface area (Å²) in [4.78, 5) is 24.7. The van der Waals surface area contributed by atoms with Crippen molar-refractivity contribution in [1.29, 1.82) is 0 Å². The largest absolute Gasteiger partial charge is 0.462 e. The Morgan fingerprint density at radius 2 is 2.00 bits per heavy atom. The number of benzene rings is 1. The van der Waals surface area contributed by atoms with E-state index in [1.54, 1.807) is 39.1 Å². The van der Waals surface area contributed by atoms with Crippen LogP contribution in [0.3, 0.4) is 0 Å². The van der Waals surface area contributed by atoms with Gasteiger partial charge in [0.15, 0.2) is 23.2 Å². The number of rotatable bonds is 12. The van der Waals surface area contributed by atoms with Crippen LogP contribution in [-0.2, 0) is 23.4 Å². The van der Waals surface area contributed by atoms with Crippen LogP contribution in [0.5, 0.6) is 5.75 Å². The van der Waals surface area contributed by atoms with E-state index in [0.717, 1.165) is 4.57 Å². The van der Waals surface area contributed by atoms with Gasteiger partial charge in [-0.1, -0.05) is 18.2 Å². The fourth-order valence-corrected chi connectivity index (χ4v) is 5.69. The van der Waals surface area contributed by atoms with Crippen molar-refractivity contribution in [3.8, 4) is 5.75 Å². The number of alkyl halides is 1. The summed E-state index contributed by atoms with van der Waals surface area (Å²) in [5.41, 5.74) is 3.35. The Hall–Kier alpha value is -3.40. The number of nitrogens with one attached hydrogen (secondary N) is 2. The summed E-state index contributed by atoms with van der Waals surface area (Å²) >= 11 is 0. The second-order valence-corrected chi connectivity index (χ2v) is 11.3. The van der Waals surface area contributed by atoms with Crippen LogP contribution in [0.25, 0.3) is 11.2 Å². The first-order chi connectivity index (χ1) is 19.4. The van der Waals surface area contributed by atoms with Gasteiger partial charge in [0.2, 0.25) is 11.6 Å². The monoisotopic (exact) mass is 597 g/mol. The zero-order chi connectivity index (χ0) is 29.9. The number of carbonyl (C=O) groups excluding carboxylic acids is 1. The molecule has 6 N–H and O–H groups in total. The maximum absolute atomic E-state index is 16.1. The lowest BCUT2D eigenvalue weighted by Gasteiger charge is -2.27. The van der Waals surface area contributed by atoms with E-state index in [9.17, 15) is 19.6 Å². The molecule has 0 saturated carbocycles.